The van der Waals surface area contributed by atoms with Crippen LogP contribution in [0.15, 0.2) is 0 Å². The van der Waals surface area contributed by atoms with Crippen molar-refractivity contribution in [2.45, 2.75) is 12.0 Å². The van der Waals surface area contributed by atoms with Crippen molar-refractivity contribution in [1.29, 1.82) is 0 Å². The molecule has 14 heavy (non-hydrogen) atoms. The average Bonchev–Trinajstić information content (AvgIpc) is 2.47. The summed E-state index contributed by atoms with van der Waals surface area (Å²) in [5, 5.41) is 13.6. The van der Waals surface area contributed by atoms with E-state index in [9.17, 15) is 5.11 Å². The molecule has 2 rings (SSSR count). The molecule has 82 valence electrons. The van der Waals surface area contributed by atoms with Crippen molar-refractivity contribution in [2.24, 2.45) is 0 Å². The van der Waals surface area contributed by atoms with Crippen molar-refractivity contribution in [2.75, 3.05) is 52.9 Å². The number of rotatable bonds is 2. The van der Waals surface area contributed by atoms with E-state index in [4.69, 9.17) is 0 Å². The van der Waals surface area contributed by atoms with E-state index >= 15 is 0 Å². The van der Waals surface area contributed by atoms with E-state index in [1.807, 2.05) is 0 Å². The van der Waals surface area contributed by atoms with E-state index in [1.165, 1.54) is 0 Å². The molecule has 2 N–H and O–H groups in total. The fourth-order valence-corrected chi connectivity index (χ4v) is 2.47. The molecule has 2 fully saturated rings. The number of nitrogens with one attached hydrogen (secondary N) is 1. The summed E-state index contributed by atoms with van der Waals surface area (Å²) in [6.07, 6.45) is 0.924. The molecule has 2 aliphatic heterocycles. The van der Waals surface area contributed by atoms with Gasteiger partial charge in [0.05, 0.1) is 5.60 Å². The van der Waals surface area contributed by atoms with Gasteiger partial charge in [-0.2, -0.15) is 0 Å². The Kier molecular flexibility index (Phi) is 3.07. The van der Waals surface area contributed by atoms with Gasteiger partial charge in [-0.25, -0.2) is 0 Å². The SMILES string of the molecule is CN1CCC(O)(CN2CCNCC2)C1. The first-order valence-corrected chi connectivity index (χ1v) is 5.52. The summed E-state index contributed by atoms with van der Waals surface area (Å²) in [4.78, 5) is 4.58. The lowest BCUT2D eigenvalue weighted by Gasteiger charge is -2.33. The predicted octanol–water partition coefficient (Wildman–Crippen LogP) is -1.04. The van der Waals surface area contributed by atoms with Crippen LogP contribution >= 0.6 is 0 Å². The molecule has 2 aliphatic rings. The molecule has 4 heteroatoms. The van der Waals surface area contributed by atoms with E-state index in [0.29, 0.717) is 0 Å². The van der Waals surface area contributed by atoms with Crippen molar-refractivity contribution in [3.8, 4) is 0 Å². The van der Waals surface area contributed by atoms with E-state index < -0.39 is 5.60 Å². The number of likely N-dealkylation sites (N-methyl/N-ethyl adjacent to an activating group) is 1. The number of likely N-dealkylation sites (tertiary alicyclic amines) is 1. The normalized spacial score (nSPS) is 36.4. The second-order valence-corrected chi connectivity index (χ2v) is 4.74. The van der Waals surface area contributed by atoms with Crippen molar-refractivity contribution in [3.63, 3.8) is 0 Å². The maximum atomic E-state index is 10.3. The molecule has 0 radical (unpaired) electrons. The average molecular weight is 199 g/mol. The number of hydrogen-bond acceptors (Lipinski definition) is 4. The highest BCUT2D eigenvalue weighted by Gasteiger charge is 2.35. The van der Waals surface area contributed by atoms with Crippen molar-refractivity contribution < 1.29 is 5.11 Å². The molecule has 0 aliphatic carbocycles. The number of hydrogen-bond donors (Lipinski definition) is 2. The van der Waals surface area contributed by atoms with Gasteiger partial charge in [0, 0.05) is 45.8 Å². The number of β-amino-alcohol motifs (C(OH)–C–C–N with tert-alkyl or cyclic N) is 1. The largest absolute Gasteiger partial charge is 0.387 e. The lowest BCUT2D eigenvalue weighted by molar-refractivity contribution is 0.0106. The summed E-state index contributed by atoms with van der Waals surface area (Å²) in [5.74, 6) is 0. The Morgan fingerprint density at radius 3 is 2.57 bits per heavy atom. The van der Waals surface area contributed by atoms with Crippen LogP contribution in [-0.4, -0.2) is 73.4 Å². The summed E-state index contributed by atoms with van der Waals surface area (Å²) >= 11 is 0. The highest BCUT2D eigenvalue weighted by Crippen LogP contribution is 2.21. The number of nitrogens with zero attached hydrogens (tertiary/aromatic N) is 2. The van der Waals surface area contributed by atoms with E-state index in [0.717, 1.165) is 52.2 Å². The maximum absolute atomic E-state index is 10.3. The third-order valence-electron chi connectivity index (χ3n) is 3.25. The van der Waals surface area contributed by atoms with Gasteiger partial charge in [-0.15, -0.1) is 0 Å². The fraction of sp³-hybridized carbons (Fsp3) is 1.00. The highest BCUT2D eigenvalue weighted by molar-refractivity contribution is 4.92. The molecule has 0 amide bonds. The molecule has 0 aromatic rings. The zero-order valence-corrected chi connectivity index (χ0v) is 9.00. The second kappa shape index (κ2) is 4.14. The lowest BCUT2D eigenvalue weighted by atomic mass is 10.0. The van der Waals surface area contributed by atoms with Gasteiger partial charge in [-0.05, 0) is 13.5 Å². The zero-order valence-electron chi connectivity index (χ0n) is 9.00. The monoisotopic (exact) mass is 199 g/mol. The van der Waals surface area contributed by atoms with Gasteiger partial charge in [0.15, 0.2) is 0 Å². The molecular formula is C10H21N3O. The van der Waals surface area contributed by atoms with Crippen LogP contribution in [-0.2, 0) is 0 Å². The predicted molar refractivity (Wildman–Crippen MR) is 56.4 cm³/mol. The topological polar surface area (TPSA) is 38.7 Å². The molecule has 0 spiro atoms. The summed E-state index contributed by atoms with van der Waals surface area (Å²) in [5.41, 5.74) is -0.452. The standard InChI is InChI=1S/C10H21N3O/c1-12-5-2-10(14,8-12)9-13-6-3-11-4-7-13/h11,14H,2-9H2,1H3. The van der Waals surface area contributed by atoms with E-state index in [1.54, 1.807) is 0 Å². The summed E-state index contributed by atoms with van der Waals surface area (Å²) < 4.78 is 0. The number of piperazine rings is 1. The summed E-state index contributed by atoms with van der Waals surface area (Å²) in [6.45, 7) is 6.98. The first-order chi connectivity index (χ1) is 6.68. The molecule has 1 atom stereocenters. The molecule has 0 aromatic carbocycles. The zero-order chi connectivity index (χ0) is 10.0. The summed E-state index contributed by atoms with van der Waals surface area (Å²) in [7, 11) is 2.08. The van der Waals surface area contributed by atoms with Gasteiger partial charge in [-0.1, -0.05) is 0 Å². The fourth-order valence-electron chi connectivity index (χ4n) is 2.47. The third-order valence-corrected chi connectivity index (χ3v) is 3.25. The first-order valence-electron chi connectivity index (χ1n) is 5.52. The molecular weight excluding hydrogens is 178 g/mol. The Morgan fingerprint density at radius 1 is 1.29 bits per heavy atom. The Balaban J connectivity index is 1.83. The van der Waals surface area contributed by atoms with Crippen LogP contribution in [0.2, 0.25) is 0 Å². The van der Waals surface area contributed by atoms with Crippen LogP contribution in [0.3, 0.4) is 0 Å². The molecule has 1 unspecified atom stereocenters. The number of aliphatic hydroxyl groups is 1. The Bertz CT molecular complexity index is 194. The first kappa shape index (κ1) is 10.4. The minimum atomic E-state index is -0.452. The van der Waals surface area contributed by atoms with Crippen molar-refractivity contribution in [1.82, 2.24) is 15.1 Å². The lowest BCUT2D eigenvalue weighted by Crippen LogP contribution is -2.51. The molecule has 4 nitrogen and oxygen atoms in total. The molecule has 0 saturated carbocycles. The molecule has 0 bridgehead atoms. The highest BCUT2D eigenvalue weighted by atomic mass is 16.3. The van der Waals surface area contributed by atoms with Gasteiger partial charge in [-0.3, -0.25) is 4.90 Å². The van der Waals surface area contributed by atoms with E-state index in [2.05, 4.69) is 22.2 Å². The van der Waals surface area contributed by atoms with Crippen molar-refractivity contribution >= 4 is 0 Å². The van der Waals surface area contributed by atoms with Gasteiger partial charge in [0.2, 0.25) is 0 Å². The van der Waals surface area contributed by atoms with Gasteiger partial charge in [0.25, 0.3) is 0 Å². The minimum Gasteiger partial charge on any atom is -0.387 e. The van der Waals surface area contributed by atoms with Crippen LogP contribution in [0, 0.1) is 0 Å². The Morgan fingerprint density at radius 2 is 2.00 bits per heavy atom. The summed E-state index contributed by atoms with van der Waals surface area (Å²) in [6, 6.07) is 0. The van der Waals surface area contributed by atoms with E-state index in [-0.39, 0.29) is 0 Å². The Labute approximate surface area is 85.9 Å². The Hall–Kier alpha value is -0.160. The van der Waals surface area contributed by atoms with Crippen LogP contribution in [0.5, 0.6) is 0 Å². The molecule has 2 saturated heterocycles. The van der Waals surface area contributed by atoms with Gasteiger partial charge in [0.1, 0.15) is 0 Å². The van der Waals surface area contributed by atoms with Crippen LogP contribution in [0.1, 0.15) is 6.42 Å². The van der Waals surface area contributed by atoms with Crippen LogP contribution in [0.25, 0.3) is 0 Å². The molecule has 2 heterocycles. The van der Waals surface area contributed by atoms with Crippen LogP contribution < -0.4 is 5.32 Å². The van der Waals surface area contributed by atoms with Gasteiger partial charge < -0.3 is 15.3 Å². The quantitative estimate of drug-likeness (QED) is 0.596. The van der Waals surface area contributed by atoms with Crippen molar-refractivity contribution in [3.05, 3.63) is 0 Å². The minimum absolute atomic E-state index is 0.452. The maximum Gasteiger partial charge on any atom is 0.0912 e. The van der Waals surface area contributed by atoms with Crippen LogP contribution in [0.4, 0.5) is 0 Å². The smallest absolute Gasteiger partial charge is 0.0912 e. The third kappa shape index (κ3) is 2.45. The second-order valence-electron chi connectivity index (χ2n) is 4.74. The molecule has 0 aromatic heterocycles. The van der Waals surface area contributed by atoms with Gasteiger partial charge >= 0.3 is 0 Å².